The van der Waals surface area contributed by atoms with Crippen molar-refractivity contribution in [2.75, 3.05) is 32.7 Å². The number of hydrogen-bond acceptors (Lipinski definition) is 3. The molecule has 2 heterocycles. The highest BCUT2D eigenvalue weighted by molar-refractivity contribution is 5.85. The van der Waals surface area contributed by atoms with Crippen LogP contribution in [0.15, 0.2) is 24.3 Å². The Morgan fingerprint density at radius 3 is 2.54 bits per heavy atom. The van der Waals surface area contributed by atoms with Crippen LogP contribution in [-0.4, -0.2) is 54.3 Å². The molecule has 0 aromatic heterocycles. The van der Waals surface area contributed by atoms with Gasteiger partial charge in [0.25, 0.3) is 0 Å². The van der Waals surface area contributed by atoms with Crippen LogP contribution in [0.2, 0.25) is 0 Å². The van der Waals surface area contributed by atoms with E-state index in [2.05, 4.69) is 41.4 Å². The SMILES string of the molecule is CCN1C(=O)CC[C@@H](C(=O)NCCN2CCCC2)[C@@H]1c1ccc(C)cc1. The summed E-state index contributed by atoms with van der Waals surface area (Å²) in [6, 6.07) is 8.08. The zero-order valence-electron chi connectivity index (χ0n) is 16.0. The van der Waals surface area contributed by atoms with Crippen LogP contribution in [0.4, 0.5) is 0 Å². The second kappa shape index (κ2) is 8.67. The van der Waals surface area contributed by atoms with Crippen LogP contribution in [0.3, 0.4) is 0 Å². The van der Waals surface area contributed by atoms with Crippen LogP contribution in [0, 0.1) is 12.8 Å². The highest BCUT2D eigenvalue weighted by Crippen LogP contribution is 2.36. The number of benzene rings is 1. The molecule has 2 fully saturated rings. The number of rotatable bonds is 6. The summed E-state index contributed by atoms with van der Waals surface area (Å²) in [5.74, 6) is 0.0637. The first-order chi connectivity index (χ1) is 12.6. The van der Waals surface area contributed by atoms with Crippen molar-refractivity contribution < 1.29 is 9.59 Å². The Hall–Kier alpha value is -1.88. The number of nitrogens with one attached hydrogen (secondary N) is 1. The van der Waals surface area contributed by atoms with Crippen molar-refractivity contribution in [1.29, 1.82) is 0 Å². The van der Waals surface area contributed by atoms with Gasteiger partial charge in [0.2, 0.25) is 11.8 Å². The van der Waals surface area contributed by atoms with Gasteiger partial charge >= 0.3 is 0 Å². The molecule has 2 saturated heterocycles. The molecule has 2 aliphatic heterocycles. The third-order valence-electron chi connectivity index (χ3n) is 5.73. The van der Waals surface area contributed by atoms with E-state index in [1.165, 1.54) is 18.4 Å². The summed E-state index contributed by atoms with van der Waals surface area (Å²) in [6.07, 6.45) is 3.61. The average molecular weight is 357 g/mol. The summed E-state index contributed by atoms with van der Waals surface area (Å²) in [5, 5.41) is 3.13. The zero-order chi connectivity index (χ0) is 18.5. The van der Waals surface area contributed by atoms with Crippen molar-refractivity contribution >= 4 is 11.8 Å². The van der Waals surface area contributed by atoms with Gasteiger partial charge in [-0.2, -0.15) is 0 Å². The second-order valence-corrected chi connectivity index (χ2v) is 7.52. The monoisotopic (exact) mass is 357 g/mol. The summed E-state index contributed by atoms with van der Waals surface area (Å²) in [4.78, 5) is 29.6. The molecule has 2 aliphatic rings. The Balaban J connectivity index is 1.70. The molecular weight excluding hydrogens is 326 g/mol. The van der Waals surface area contributed by atoms with Crippen molar-refractivity contribution in [3.63, 3.8) is 0 Å². The van der Waals surface area contributed by atoms with Gasteiger partial charge in [0.15, 0.2) is 0 Å². The Kier molecular flexibility index (Phi) is 6.30. The number of hydrogen-bond donors (Lipinski definition) is 1. The van der Waals surface area contributed by atoms with Crippen LogP contribution < -0.4 is 5.32 Å². The fourth-order valence-electron chi connectivity index (χ4n) is 4.25. The third-order valence-corrected chi connectivity index (χ3v) is 5.73. The van der Waals surface area contributed by atoms with E-state index in [0.717, 1.165) is 25.2 Å². The minimum atomic E-state index is -0.172. The fraction of sp³-hybridized carbons (Fsp3) is 0.619. The zero-order valence-corrected chi connectivity index (χ0v) is 16.0. The van der Waals surface area contributed by atoms with Crippen molar-refractivity contribution in [3.8, 4) is 0 Å². The minimum Gasteiger partial charge on any atom is -0.354 e. The summed E-state index contributed by atoms with van der Waals surface area (Å²) >= 11 is 0. The van der Waals surface area contributed by atoms with E-state index in [4.69, 9.17) is 0 Å². The van der Waals surface area contributed by atoms with Crippen LogP contribution >= 0.6 is 0 Å². The molecule has 1 aromatic carbocycles. The highest BCUT2D eigenvalue weighted by Gasteiger charge is 2.39. The third kappa shape index (κ3) is 4.26. The number of piperidine rings is 1. The summed E-state index contributed by atoms with van der Waals surface area (Å²) in [7, 11) is 0. The van der Waals surface area contributed by atoms with Crippen molar-refractivity contribution in [3.05, 3.63) is 35.4 Å². The lowest BCUT2D eigenvalue weighted by Crippen LogP contribution is -2.48. The molecule has 0 bridgehead atoms. The minimum absolute atomic E-state index is 0.0840. The maximum absolute atomic E-state index is 12.9. The number of amides is 2. The van der Waals surface area contributed by atoms with Crippen LogP contribution in [0.1, 0.15) is 49.8 Å². The Morgan fingerprint density at radius 1 is 1.19 bits per heavy atom. The summed E-state index contributed by atoms with van der Waals surface area (Å²) in [5.41, 5.74) is 2.25. The van der Waals surface area contributed by atoms with Gasteiger partial charge in [-0.25, -0.2) is 0 Å². The van der Waals surface area contributed by atoms with Crippen LogP contribution in [0.5, 0.6) is 0 Å². The topological polar surface area (TPSA) is 52.7 Å². The molecule has 2 amide bonds. The predicted octanol–water partition coefficient (Wildman–Crippen LogP) is 2.51. The van der Waals surface area contributed by atoms with Gasteiger partial charge in [-0.1, -0.05) is 29.8 Å². The van der Waals surface area contributed by atoms with Crippen molar-refractivity contribution in [1.82, 2.24) is 15.1 Å². The summed E-state index contributed by atoms with van der Waals surface area (Å²) in [6.45, 7) is 8.57. The molecule has 5 nitrogen and oxygen atoms in total. The Labute approximate surface area is 156 Å². The predicted molar refractivity (Wildman–Crippen MR) is 103 cm³/mol. The number of carbonyl (C=O) groups excluding carboxylic acids is 2. The van der Waals surface area contributed by atoms with E-state index >= 15 is 0 Å². The lowest BCUT2D eigenvalue weighted by molar-refractivity contribution is -0.143. The molecule has 2 atom stereocenters. The molecule has 142 valence electrons. The Bertz CT molecular complexity index is 623. The van der Waals surface area contributed by atoms with Crippen molar-refractivity contribution in [2.45, 2.75) is 45.6 Å². The number of nitrogens with zero attached hydrogens (tertiary/aromatic N) is 2. The molecule has 1 N–H and O–H groups in total. The number of aryl methyl sites for hydroxylation is 1. The summed E-state index contributed by atoms with van der Waals surface area (Å²) < 4.78 is 0. The highest BCUT2D eigenvalue weighted by atomic mass is 16.2. The first-order valence-electron chi connectivity index (χ1n) is 9.96. The molecule has 26 heavy (non-hydrogen) atoms. The van der Waals surface area contributed by atoms with E-state index in [-0.39, 0.29) is 23.8 Å². The van der Waals surface area contributed by atoms with E-state index in [1.54, 1.807) is 0 Å². The standard InChI is InChI=1S/C21H31N3O2/c1-3-24-19(25)11-10-18(20(24)17-8-6-16(2)7-9-17)21(26)22-12-15-23-13-4-5-14-23/h6-9,18,20H,3-5,10-15H2,1-2H3,(H,22,26)/t18-,20+/m1/s1. The molecular formula is C21H31N3O2. The van der Waals surface area contributed by atoms with Gasteiger partial charge < -0.3 is 15.1 Å². The molecule has 0 unspecified atom stereocenters. The van der Waals surface area contributed by atoms with E-state index in [1.807, 2.05) is 11.8 Å². The molecule has 0 saturated carbocycles. The molecule has 0 spiro atoms. The van der Waals surface area contributed by atoms with E-state index in [0.29, 0.717) is 25.9 Å². The lowest BCUT2D eigenvalue weighted by atomic mass is 9.83. The largest absolute Gasteiger partial charge is 0.354 e. The van der Waals surface area contributed by atoms with Crippen LogP contribution in [0.25, 0.3) is 0 Å². The first-order valence-corrected chi connectivity index (χ1v) is 9.96. The second-order valence-electron chi connectivity index (χ2n) is 7.52. The molecule has 1 aromatic rings. The Morgan fingerprint density at radius 2 is 1.88 bits per heavy atom. The van der Waals surface area contributed by atoms with Gasteiger partial charge in [0.1, 0.15) is 0 Å². The van der Waals surface area contributed by atoms with Gasteiger partial charge in [0, 0.05) is 26.1 Å². The first kappa shape index (κ1) is 18.9. The molecule has 0 aliphatic carbocycles. The van der Waals surface area contributed by atoms with Gasteiger partial charge in [-0.15, -0.1) is 0 Å². The van der Waals surface area contributed by atoms with Crippen LogP contribution in [-0.2, 0) is 9.59 Å². The van der Waals surface area contributed by atoms with E-state index < -0.39 is 0 Å². The maximum atomic E-state index is 12.9. The molecule has 0 radical (unpaired) electrons. The normalized spacial score (nSPS) is 24.1. The van der Waals surface area contributed by atoms with Gasteiger partial charge in [0.05, 0.1) is 12.0 Å². The van der Waals surface area contributed by atoms with E-state index in [9.17, 15) is 9.59 Å². The van der Waals surface area contributed by atoms with Gasteiger partial charge in [-0.3, -0.25) is 9.59 Å². The number of carbonyl (C=O) groups is 2. The average Bonchev–Trinajstić information content (AvgIpc) is 3.15. The quantitative estimate of drug-likeness (QED) is 0.851. The molecule has 5 heteroatoms. The number of likely N-dealkylation sites (tertiary alicyclic amines) is 2. The van der Waals surface area contributed by atoms with Gasteiger partial charge in [-0.05, 0) is 51.8 Å². The fourth-order valence-corrected chi connectivity index (χ4v) is 4.25. The maximum Gasteiger partial charge on any atom is 0.225 e. The smallest absolute Gasteiger partial charge is 0.225 e. The lowest BCUT2D eigenvalue weighted by Gasteiger charge is -2.40. The molecule has 3 rings (SSSR count). The van der Waals surface area contributed by atoms with Crippen molar-refractivity contribution in [2.24, 2.45) is 5.92 Å².